The Bertz CT molecular complexity index is 1140. The summed E-state index contributed by atoms with van der Waals surface area (Å²) < 4.78 is 5.75. The van der Waals surface area contributed by atoms with E-state index in [9.17, 15) is 9.59 Å². The molecule has 0 spiro atoms. The van der Waals surface area contributed by atoms with Gasteiger partial charge < -0.3 is 15.4 Å². The minimum Gasteiger partial charge on any atom is -0.449 e. The summed E-state index contributed by atoms with van der Waals surface area (Å²) in [5, 5.41) is 6.35. The number of hydrogen-bond donors (Lipinski definition) is 2. The van der Waals surface area contributed by atoms with E-state index < -0.39 is 0 Å². The molecular formula is C25H21ClN2O3. The van der Waals surface area contributed by atoms with E-state index in [-0.39, 0.29) is 23.5 Å². The van der Waals surface area contributed by atoms with Gasteiger partial charge in [-0.1, -0.05) is 61.0 Å². The van der Waals surface area contributed by atoms with Crippen LogP contribution in [0, 0.1) is 0 Å². The molecule has 5 nitrogen and oxygen atoms in total. The first kappa shape index (κ1) is 20.7. The van der Waals surface area contributed by atoms with Gasteiger partial charge in [0.1, 0.15) is 0 Å². The number of rotatable bonds is 5. The van der Waals surface area contributed by atoms with Crippen LogP contribution in [-0.4, -0.2) is 18.4 Å². The molecule has 4 rings (SSSR count). The minimum atomic E-state index is -0.377. The number of carbonyl (C=O) groups excluding carboxylic acids is 2. The first-order chi connectivity index (χ1) is 15.0. The zero-order chi connectivity index (χ0) is 21.8. The molecule has 2 amide bonds. The lowest BCUT2D eigenvalue weighted by Gasteiger charge is -2.21. The zero-order valence-electron chi connectivity index (χ0n) is 16.9. The maximum Gasteiger partial charge on any atom is 0.291 e. The Morgan fingerprint density at radius 1 is 1.10 bits per heavy atom. The molecule has 0 aromatic heterocycles. The van der Waals surface area contributed by atoms with Crippen molar-refractivity contribution in [1.29, 1.82) is 0 Å². The Morgan fingerprint density at radius 3 is 2.58 bits per heavy atom. The van der Waals surface area contributed by atoms with Gasteiger partial charge in [0.05, 0.1) is 5.69 Å². The quantitative estimate of drug-likeness (QED) is 0.541. The zero-order valence-corrected chi connectivity index (χ0v) is 17.6. The summed E-state index contributed by atoms with van der Waals surface area (Å²) in [7, 11) is 0. The normalized spacial score (nSPS) is 14.9. The predicted octanol–water partition coefficient (Wildman–Crippen LogP) is 5.25. The van der Waals surface area contributed by atoms with Gasteiger partial charge in [0.2, 0.25) is 0 Å². The van der Waals surface area contributed by atoms with E-state index in [1.165, 1.54) is 0 Å². The number of hydrogen-bond acceptors (Lipinski definition) is 3. The molecule has 1 heterocycles. The first-order valence-corrected chi connectivity index (χ1v) is 10.3. The molecule has 3 aromatic rings. The number of fused-ring (bicyclic) bond motifs is 1. The predicted molar refractivity (Wildman–Crippen MR) is 122 cm³/mol. The number of carbonyl (C=O) groups is 2. The fraction of sp³-hybridized carbons (Fsp3) is 0.120. The number of ether oxygens (including phenoxy) is 1. The molecule has 3 aromatic carbocycles. The van der Waals surface area contributed by atoms with Gasteiger partial charge in [0, 0.05) is 17.1 Å². The fourth-order valence-corrected chi connectivity index (χ4v) is 3.39. The highest BCUT2D eigenvalue weighted by Crippen LogP contribution is 2.32. The number of amides is 2. The van der Waals surface area contributed by atoms with E-state index in [1.807, 2.05) is 30.3 Å². The second-order valence-corrected chi connectivity index (χ2v) is 7.79. The van der Waals surface area contributed by atoms with Crippen molar-refractivity contribution in [2.75, 3.05) is 11.9 Å². The molecule has 0 bridgehead atoms. The summed E-state index contributed by atoms with van der Waals surface area (Å²) in [4.78, 5) is 25.0. The van der Waals surface area contributed by atoms with Crippen LogP contribution in [-0.2, 0) is 4.79 Å². The summed E-state index contributed by atoms with van der Waals surface area (Å²) in [6.45, 7) is 2.57. The summed E-state index contributed by atoms with van der Waals surface area (Å²) in [6.07, 6.45) is 1.64. The lowest BCUT2D eigenvalue weighted by atomic mass is 10.0. The molecule has 0 saturated heterocycles. The van der Waals surface area contributed by atoms with Gasteiger partial charge in [-0.15, -0.1) is 0 Å². The average molecular weight is 433 g/mol. The molecule has 1 aliphatic heterocycles. The molecule has 2 N–H and O–H groups in total. The van der Waals surface area contributed by atoms with Crippen molar-refractivity contribution >= 4 is 35.2 Å². The third-order valence-corrected chi connectivity index (χ3v) is 5.29. The summed E-state index contributed by atoms with van der Waals surface area (Å²) in [5.74, 6) is 0.254. The molecule has 0 aliphatic carbocycles. The highest BCUT2D eigenvalue weighted by atomic mass is 35.5. The lowest BCUT2D eigenvalue weighted by Crippen LogP contribution is -2.28. The SMILES string of the molecule is C[C@H](CNC(=O)c1ccc2c(c1)NC(=O)/C(=C/c1ccc(Cl)cc1)O2)c1ccccc1. The van der Waals surface area contributed by atoms with Crippen LogP contribution < -0.4 is 15.4 Å². The van der Waals surface area contributed by atoms with Crippen LogP contribution in [0.15, 0.2) is 78.6 Å². The molecule has 31 heavy (non-hydrogen) atoms. The van der Waals surface area contributed by atoms with E-state index in [0.29, 0.717) is 28.6 Å². The van der Waals surface area contributed by atoms with Crippen LogP contribution in [0.5, 0.6) is 5.75 Å². The van der Waals surface area contributed by atoms with E-state index in [4.69, 9.17) is 16.3 Å². The monoisotopic (exact) mass is 432 g/mol. The van der Waals surface area contributed by atoms with E-state index in [2.05, 4.69) is 17.6 Å². The number of benzene rings is 3. The number of nitrogens with one attached hydrogen (secondary N) is 2. The van der Waals surface area contributed by atoms with Crippen molar-refractivity contribution in [2.24, 2.45) is 0 Å². The maximum atomic E-state index is 12.6. The molecule has 0 saturated carbocycles. The van der Waals surface area contributed by atoms with Crippen molar-refractivity contribution in [2.45, 2.75) is 12.8 Å². The van der Waals surface area contributed by atoms with Gasteiger partial charge in [0.15, 0.2) is 11.5 Å². The molecular weight excluding hydrogens is 412 g/mol. The highest BCUT2D eigenvalue weighted by Gasteiger charge is 2.23. The van der Waals surface area contributed by atoms with Crippen molar-refractivity contribution in [3.05, 3.63) is 100 Å². The van der Waals surface area contributed by atoms with Gasteiger partial charge in [-0.25, -0.2) is 0 Å². The third kappa shape index (κ3) is 4.95. The van der Waals surface area contributed by atoms with E-state index in [1.54, 1.807) is 48.5 Å². The standard InChI is InChI=1S/C25H21ClN2O3/c1-16(18-5-3-2-4-6-18)15-27-24(29)19-9-12-22-21(14-19)28-25(30)23(31-22)13-17-7-10-20(26)11-8-17/h2-14,16H,15H2,1H3,(H,27,29)(H,28,30)/b23-13-/t16-/m1/s1. The van der Waals surface area contributed by atoms with Gasteiger partial charge in [-0.3, -0.25) is 9.59 Å². The summed E-state index contributed by atoms with van der Waals surface area (Å²) >= 11 is 5.90. The molecule has 0 radical (unpaired) electrons. The summed E-state index contributed by atoms with van der Waals surface area (Å²) in [5.41, 5.74) is 2.87. The van der Waals surface area contributed by atoms with Crippen molar-refractivity contribution < 1.29 is 14.3 Å². The second-order valence-electron chi connectivity index (χ2n) is 7.35. The van der Waals surface area contributed by atoms with Crippen molar-refractivity contribution in [1.82, 2.24) is 5.32 Å². The maximum absolute atomic E-state index is 12.6. The van der Waals surface area contributed by atoms with Gasteiger partial charge >= 0.3 is 0 Å². The second kappa shape index (κ2) is 9.06. The average Bonchev–Trinajstić information content (AvgIpc) is 2.79. The Labute approximate surface area is 185 Å². The summed E-state index contributed by atoms with van der Waals surface area (Å²) in [6, 6.07) is 22.1. The fourth-order valence-electron chi connectivity index (χ4n) is 3.26. The Morgan fingerprint density at radius 2 is 1.84 bits per heavy atom. The highest BCUT2D eigenvalue weighted by molar-refractivity contribution is 6.30. The Hall–Kier alpha value is -3.57. The van der Waals surface area contributed by atoms with Crippen LogP contribution in [0.1, 0.15) is 34.3 Å². The Balaban J connectivity index is 1.44. The lowest BCUT2D eigenvalue weighted by molar-refractivity contribution is -0.115. The number of anilines is 1. The molecule has 6 heteroatoms. The van der Waals surface area contributed by atoms with Crippen LogP contribution in [0.25, 0.3) is 6.08 Å². The van der Waals surface area contributed by atoms with E-state index >= 15 is 0 Å². The van der Waals surface area contributed by atoms with E-state index in [0.717, 1.165) is 11.1 Å². The number of halogens is 1. The molecule has 1 aliphatic rings. The largest absolute Gasteiger partial charge is 0.449 e. The van der Waals surface area contributed by atoms with Crippen LogP contribution in [0.4, 0.5) is 5.69 Å². The van der Waals surface area contributed by atoms with Crippen LogP contribution in [0.2, 0.25) is 5.02 Å². The Kier molecular flexibility index (Phi) is 6.05. The minimum absolute atomic E-state index is 0.170. The molecule has 156 valence electrons. The smallest absolute Gasteiger partial charge is 0.291 e. The molecule has 0 fully saturated rings. The van der Waals surface area contributed by atoms with Crippen LogP contribution >= 0.6 is 11.6 Å². The van der Waals surface area contributed by atoms with Crippen molar-refractivity contribution in [3.8, 4) is 5.75 Å². The topological polar surface area (TPSA) is 67.4 Å². The third-order valence-electron chi connectivity index (χ3n) is 5.04. The first-order valence-electron chi connectivity index (χ1n) is 9.93. The van der Waals surface area contributed by atoms with Gasteiger partial charge in [-0.05, 0) is 53.5 Å². The van der Waals surface area contributed by atoms with Crippen LogP contribution in [0.3, 0.4) is 0 Å². The van der Waals surface area contributed by atoms with Gasteiger partial charge in [-0.2, -0.15) is 0 Å². The molecule has 1 atom stereocenters. The molecule has 0 unspecified atom stereocenters. The van der Waals surface area contributed by atoms with Gasteiger partial charge in [0.25, 0.3) is 11.8 Å². The van der Waals surface area contributed by atoms with Crippen molar-refractivity contribution in [3.63, 3.8) is 0 Å².